The average molecular weight is 442 g/mol. The normalized spacial score (nSPS) is 14.5. The van der Waals surface area contributed by atoms with Crippen molar-refractivity contribution >= 4 is 29.7 Å². The maximum absolute atomic E-state index is 12.7. The number of aromatic amines is 1. The second-order valence-electron chi connectivity index (χ2n) is 6.71. The van der Waals surface area contributed by atoms with Crippen molar-refractivity contribution in [2.24, 2.45) is 5.73 Å². The Hall–Kier alpha value is -3.52. The van der Waals surface area contributed by atoms with Gasteiger partial charge < -0.3 is 42.0 Å². The second-order valence-corrected chi connectivity index (χ2v) is 6.71. The number of nitrogens with zero attached hydrogens (tertiary/aromatic N) is 1. The van der Waals surface area contributed by atoms with Crippen LogP contribution in [0.5, 0.6) is 0 Å². The third kappa shape index (κ3) is 9.22. The summed E-state index contributed by atoms with van der Waals surface area (Å²) < 4.78 is 0. The highest BCUT2D eigenvalue weighted by Gasteiger charge is 2.30. The van der Waals surface area contributed by atoms with Crippen molar-refractivity contribution in [2.45, 2.75) is 50.4 Å². The van der Waals surface area contributed by atoms with E-state index in [1.165, 1.54) is 19.4 Å². The molecule has 0 aliphatic carbocycles. The summed E-state index contributed by atoms with van der Waals surface area (Å²) in [4.78, 5) is 65.3. The molecule has 0 aliphatic rings. The molecule has 14 heteroatoms. The fourth-order valence-corrected chi connectivity index (χ4v) is 2.41. The Morgan fingerprint density at radius 2 is 1.71 bits per heavy atom. The molecule has 4 unspecified atom stereocenters. The van der Waals surface area contributed by atoms with E-state index in [9.17, 15) is 29.1 Å². The van der Waals surface area contributed by atoms with Crippen LogP contribution in [0.2, 0.25) is 0 Å². The number of amides is 3. The molecule has 14 nitrogen and oxygen atoms in total. The number of carboxylic acids is 2. The molecule has 1 aromatic rings. The molecule has 0 aromatic carbocycles. The van der Waals surface area contributed by atoms with Crippen LogP contribution in [0.4, 0.5) is 0 Å². The van der Waals surface area contributed by atoms with E-state index in [1.54, 1.807) is 0 Å². The van der Waals surface area contributed by atoms with Crippen molar-refractivity contribution in [3.8, 4) is 0 Å². The standard InChI is InChI=1S/C17H26N6O8/c1-8(24)14(18)17(31)22-10(2-3-12(25)26)16(30)23-11(4-9-5-19-7-21-9)15(29)20-6-13(27)28/h5,7-8,10-11,14,24H,2-4,6,18H2,1H3,(H,19,21)(H,20,29)(H,22,31)(H,23,30)(H,25,26)(H,27,28). The molecule has 1 rings (SSSR count). The first kappa shape index (κ1) is 25.5. The third-order valence-electron chi connectivity index (χ3n) is 4.13. The number of H-pyrrole nitrogens is 1. The zero-order chi connectivity index (χ0) is 23.6. The number of rotatable bonds is 13. The highest BCUT2D eigenvalue weighted by Crippen LogP contribution is 2.04. The van der Waals surface area contributed by atoms with E-state index in [0.717, 1.165) is 0 Å². The Morgan fingerprint density at radius 1 is 1.06 bits per heavy atom. The lowest BCUT2D eigenvalue weighted by Gasteiger charge is -2.24. The molecule has 0 saturated heterocycles. The van der Waals surface area contributed by atoms with Crippen molar-refractivity contribution in [3.63, 3.8) is 0 Å². The van der Waals surface area contributed by atoms with Gasteiger partial charge in [0.2, 0.25) is 17.7 Å². The average Bonchev–Trinajstić information content (AvgIpc) is 3.20. The zero-order valence-electron chi connectivity index (χ0n) is 16.7. The predicted octanol–water partition coefficient (Wildman–Crippen LogP) is -3.30. The first-order valence-corrected chi connectivity index (χ1v) is 9.24. The first-order chi connectivity index (χ1) is 14.5. The molecule has 0 aliphatic heterocycles. The van der Waals surface area contributed by atoms with E-state index in [4.69, 9.17) is 15.9 Å². The molecule has 31 heavy (non-hydrogen) atoms. The molecule has 4 atom stereocenters. The molecule has 9 N–H and O–H groups in total. The minimum atomic E-state index is -1.37. The number of hydrogen-bond acceptors (Lipinski definition) is 8. The molecule has 1 aromatic heterocycles. The van der Waals surface area contributed by atoms with Crippen LogP contribution in [0.15, 0.2) is 12.5 Å². The number of aliphatic hydroxyl groups excluding tert-OH is 1. The molecule has 0 spiro atoms. The van der Waals surface area contributed by atoms with Crippen molar-refractivity contribution in [1.29, 1.82) is 0 Å². The van der Waals surface area contributed by atoms with Crippen molar-refractivity contribution in [3.05, 3.63) is 18.2 Å². The number of carbonyl (C=O) groups is 5. The summed E-state index contributed by atoms with van der Waals surface area (Å²) >= 11 is 0. The van der Waals surface area contributed by atoms with Crippen LogP contribution < -0.4 is 21.7 Å². The van der Waals surface area contributed by atoms with E-state index in [1.807, 2.05) is 0 Å². The zero-order valence-corrected chi connectivity index (χ0v) is 16.7. The molecule has 3 amide bonds. The fraction of sp³-hybridized carbons (Fsp3) is 0.529. The number of aliphatic hydroxyl groups is 1. The summed E-state index contributed by atoms with van der Waals surface area (Å²) in [6.07, 6.45) is 0.652. The van der Waals surface area contributed by atoms with Gasteiger partial charge in [0.25, 0.3) is 0 Å². The topological polar surface area (TPSA) is 237 Å². The number of aliphatic carboxylic acids is 2. The molecule has 0 bridgehead atoms. The van der Waals surface area contributed by atoms with Crippen LogP contribution >= 0.6 is 0 Å². The third-order valence-corrected chi connectivity index (χ3v) is 4.13. The maximum atomic E-state index is 12.7. The maximum Gasteiger partial charge on any atom is 0.322 e. The van der Waals surface area contributed by atoms with E-state index in [-0.39, 0.29) is 12.8 Å². The molecule has 0 fully saturated rings. The second kappa shape index (κ2) is 12.2. The number of carboxylic acid groups (broad SMARTS) is 2. The van der Waals surface area contributed by atoms with E-state index in [2.05, 4.69) is 25.9 Å². The predicted molar refractivity (Wildman–Crippen MR) is 103 cm³/mol. The van der Waals surface area contributed by atoms with Gasteiger partial charge in [0.15, 0.2) is 0 Å². The van der Waals surface area contributed by atoms with Gasteiger partial charge in [-0.1, -0.05) is 0 Å². The van der Waals surface area contributed by atoms with Crippen molar-refractivity contribution in [2.75, 3.05) is 6.54 Å². The Labute approximate surface area is 176 Å². The van der Waals surface area contributed by atoms with Crippen LogP contribution in [0.3, 0.4) is 0 Å². The van der Waals surface area contributed by atoms with E-state index >= 15 is 0 Å². The molecule has 0 saturated carbocycles. The van der Waals surface area contributed by atoms with Gasteiger partial charge in [-0.15, -0.1) is 0 Å². The highest BCUT2D eigenvalue weighted by atomic mass is 16.4. The number of aromatic nitrogens is 2. The smallest absolute Gasteiger partial charge is 0.322 e. The number of carbonyl (C=O) groups excluding carboxylic acids is 3. The van der Waals surface area contributed by atoms with Gasteiger partial charge >= 0.3 is 11.9 Å². The first-order valence-electron chi connectivity index (χ1n) is 9.24. The Kier molecular flexibility index (Phi) is 10.1. The van der Waals surface area contributed by atoms with Crippen LogP contribution in [-0.4, -0.2) is 85.7 Å². The monoisotopic (exact) mass is 442 g/mol. The minimum absolute atomic E-state index is 0.0794. The number of imidazole rings is 1. The fourth-order valence-electron chi connectivity index (χ4n) is 2.41. The largest absolute Gasteiger partial charge is 0.481 e. The van der Waals surface area contributed by atoms with Gasteiger partial charge in [0.1, 0.15) is 24.7 Å². The van der Waals surface area contributed by atoms with Gasteiger partial charge in [-0.25, -0.2) is 4.98 Å². The van der Waals surface area contributed by atoms with Crippen LogP contribution in [-0.2, 0) is 30.4 Å². The summed E-state index contributed by atoms with van der Waals surface area (Å²) in [5.41, 5.74) is 5.99. The highest BCUT2D eigenvalue weighted by molar-refractivity contribution is 5.94. The number of nitrogens with two attached hydrogens (primary N) is 1. The summed E-state index contributed by atoms with van der Waals surface area (Å²) in [6, 6.07) is -3.98. The summed E-state index contributed by atoms with van der Waals surface area (Å²) in [5, 5.41) is 33.8. The van der Waals surface area contributed by atoms with Gasteiger partial charge in [0.05, 0.1) is 12.4 Å². The Morgan fingerprint density at radius 3 is 2.23 bits per heavy atom. The quantitative estimate of drug-likeness (QED) is 0.151. The van der Waals surface area contributed by atoms with Gasteiger partial charge in [0, 0.05) is 24.7 Å². The van der Waals surface area contributed by atoms with Crippen LogP contribution in [0.1, 0.15) is 25.5 Å². The van der Waals surface area contributed by atoms with Crippen LogP contribution in [0.25, 0.3) is 0 Å². The van der Waals surface area contributed by atoms with Gasteiger partial charge in [-0.05, 0) is 13.3 Å². The lowest BCUT2D eigenvalue weighted by molar-refractivity contribution is -0.138. The van der Waals surface area contributed by atoms with Crippen molar-refractivity contribution in [1.82, 2.24) is 25.9 Å². The molecule has 0 radical (unpaired) electrons. The molecular formula is C17H26N6O8. The molecular weight excluding hydrogens is 416 g/mol. The van der Waals surface area contributed by atoms with Crippen molar-refractivity contribution < 1.29 is 39.3 Å². The van der Waals surface area contributed by atoms with E-state index < -0.39 is 66.9 Å². The number of nitrogens with one attached hydrogen (secondary N) is 4. The number of hydrogen-bond donors (Lipinski definition) is 8. The molecule has 172 valence electrons. The minimum Gasteiger partial charge on any atom is -0.481 e. The summed E-state index contributed by atoms with van der Waals surface area (Å²) in [7, 11) is 0. The lowest BCUT2D eigenvalue weighted by Crippen LogP contribution is -2.57. The summed E-state index contributed by atoms with van der Waals surface area (Å²) in [6.45, 7) is 0.584. The Bertz CT molecular complexity index is 782. The Balaban J connectivity index is 2.96. The van der Waals surface area contributed by atoms with Gasteiger partial charge in [-0.2, -0.15) is 0 Å². The lowest BCUT2D eigenvalue weighted by atomic mass is 10.1. The SMILES string of the molecule is CC(O)C(N)C(=O)NC(CCC(=O)O)C(=O)NC(Cc1cnc[nH]1)C(=O)NCC(=O)O. The summed E-state index contributed by atoms with van der Waals surface area (Å²) in [5.74, 6) is -5.10. The van der Waals surface area contributed by atoms with Gasteiger partial charge in [-0.3, -0.25) is 24.0 Å². The van der Waals surface area contributed by atoms with E-state index in [0.29, 0.717) is 5.69 Å². The molecule has 1 heterocycles. The van der Waals surface area contributed by atoms with Crippen LogP contribution in [0, 0.1) is 0 Å².